The second-order valence-corrected chi connectivity index (χ2v) is 12.2. The summed E-state index contributed by atoms with van der Waals surface area (Å²) in [7, 11) is -1.40. The van der Waals surface area contributed by atoms with Crippen LogP contribution in [-0.2, 0) is 29.7 Å². The topological polar surface area (TPSA) is 114 Å². The van der Waals surface area contributed by atoms with Gasteiger partial charge in [-0.05, 0) is 46.6 Å². The summed E-state index contributed by atoms with van der Waals surface area (Å²) < 4.78 is 42.1. The number of hydrogen-bond acceptors (Lipinski definition) is 8. The Kier molecular flexibility index (Phi) is 7.89. The first-order chi connectivity index (χ1) is 15.3. The first kappa shape index (κ1) is 26.1. The van der Waals surface area contributed by atoms with Gasteiger partial charge in [-0.1, -0.05) is 19.0 Å². The lowest BCUT2D eigenvalue weighted by molar-refractivity contribution is -0.170. The fraction of sp³-hybridized carbons (Fsp3) is 0.818. The van der Waals surface area contributed by atoms with E-state index in [9.17, 15) is 13.2 Å². The predicted octanol–water partition coefficient (Wildman–Crippen LogP) is 2.18. The summed E-state index contributed by atoms with van der Waals surface area (Å²) in [6, 6.07) is 1.67. The van der Waals surface area contributed by atoms with E-state index in [-0.39, 0.29) is 24.1 Å². The molecule has 0 aliphatic carbocycles. The van der Waals surface area contributed by atoms with Crippen LogP contribution in [0.25, 0.3) is 0 Å². The number of likely N-dealkylation sites (N-methyl/N-ethyl adjacent to an activating group) is 1. The highest BCUT2D eigenvalue weighted by molar-refractivity contribution is 7.88. The van der Waals surface area contributed by atoms with E-state index < -0.39 is 21.0 Å². The number of hydrogen-bond donors (Lipinski definition) is 1. The molecular weight excluding hydrogens is 448 g/mol. The molecule has 11 heteroatoms. The van der Waals surface area contributed by atoms with Gasteiger partial charge in [-0.25, -0.2) is 12.7 Å². The van der Waals surface area contributed by atoms with E-state index >= 15 is 0 Å². The molecule has 1 aromatic rings. The normalized spacial score (nSPS) is 23.2. The summed E-state index contributed by atoms with van der Waals surface area (Å²) in [6.07, 6.45) is 4.76. The first-order valence-corrected chi connectivity index (χ1v) is 13.4. The fourth-order valence-corrected chi connectivity index (χ4v) is 4.96. The van der Waals surface area contributed by atoms with Crippen LogP contribution in [-0.4, -0.2) is 86.2 Å². The molecule has 2 atom stereocenters. The summed E-state index contributed by atoms with van der Waals surface area (Å²) in [5.74, 6) is 0.0119. The number of rotatable bonds is 9. The van der Waals surface area contributed by atoms with Crippen LogP contribution in [0.1, 0.15) is 59.1 Å². The highest BCUT2D eigenvalue weighted by atomic mass is 32.2. The van der Waals surface area contributed by atoms with Crippen molar-refractivity contribution in [1.82, 2.24) is 14.4 Å². The molecule has 0 spiro atoms. The Morgan fingerprint density at radius 3 is 2.64 bits per heavy atom. The molecule has 0 radical (unpaired) electrons. The average molecular weight is 487 g/mol. The number of amides is 1. The Balaban J connectivity index is 1.58. The largest absolute Gasteiger partial charge is 0.353 e. The maximum absolute atomic E-state index is 13.1. The quantitative estimate of drug-likeness (QED) is 0.565. The molecule has 2 saturated heterocycles. The Labute approximate surface area is 197 Å². The molecule has 2 fully saturated rings. The van der Waals surface area contributed by atoms with Crippen molar-refractivity contribution < 1.29 is 27.2 Å². The minimum atomic E-state index is -3.24. The van der Waals surface area contributed by atoms with Crippen molar-refractivity contribution in [3.05, 3.63) is 11.8 Å². The van der Waals surface area contributed by atoms with Crippen LogP contribution < -0.4 is 5.32 Å². The Bertz CT molecular complexity index is 923. The van der Waals surface area contributed by atoms with Gasteiger partial charge >= 0.3 is 0 Å². The summed E-state index contributed by atoms with van der Waals surface area (Å²) in [5, 5.41) is 6.97. The number of nitrogens with zero attached hydrogens (tertiary/aromatic N) is 3. The highest BCUT2D eigenvalue weighted by Gasteiger charge is 2.41. The third-order valence-corrected chi connectivity index (χ3v) is 8.06. The lowest BCUT2D eigenvalue weighted by atomic mass is 9.90. The maximum Gasteiger partial charge on any atom is 0.246 e. The van der Waals surface area contributed by atoms with Crippen LogP contribution in [0.15, 0.2) is 10.6 Å². The summed E-state index contributed by atoms with van der Waals surface area (Å²) in [4.78, 5) is 15.0. The standard InChI is InChI=1S/C22H38N4O6S/c1-21(2,15-31-19-9-7-8-12-30-19)17-13-18(32-24-17)23-20(27)22(3,4)25(5)16-10-11-26(14-16)33(6,28)29/h13,16,19H,7-12,14-15H2,1-6H3,(H,23,27)/t16-,19?/m1/s1. The number of carbonyl (C=O) groups is 1. The summed E-state index contributed by atoms with van der Waals surface area (Å²) in [5.41, 5.74) is -0.625. The Morgan fingerprint density at radius 1 is 1.30 bits per heavy atom. The van der Waals surface area contributed by atoms with Gasteiger partial charge < -0.3 is 14.0 Å². The summed E-state index contributed by atoms with van der Waals surface area (Å²) in [6.45, 7) is 9.61. The minimum Gasteiger partial charge on any atom is -0.353 e. The van der Waals surface area contributed by atoms with Gasteiger partial charge in [-0.15, -0.1) is 0 Å². The van der Waals surface area contributed by atoms with Gasteiger partial charge in [0.15, 0.2) is 6.29 Å². The number of aromatic nitrogens is 1. The Hall–Kier alpha value is -1.53. The smallest absolute Gasteiger partial charge is 0.246 e. The zero-order valence-electron chi connectivity index (χ0n) is 20.6. The van der Waals surface area contributed by atoms with Crippen LogP contribution in [0.5, 0.6) is 0 Å². The van der Waals surface area contributed by atoms with Crippen molar-refractivity contribution in [2.45, 2.75) is 76.7 Å². The zero-order valence-corrected chi connectivity index (χ0v) is 21.4. The highest BCUT2D eigenvalue weighted by Crippen LogP contribution is 2.29. The number of ether oxygens (including phenoxy) is 2. The van der Waals surface area contributed by atoms with Crippen molar-refractivity contribution in [2.24, 2.45) is 0 Å². The molecule has 188 valence electrons. The van der Waals surface area contributed by atoms with Gasteiger partial charge in [-0.2, -0.15) is 0 Å². The molecule has 33 heavy (non-hydrogen) atoms. The van der Waals surface area contributed by atoms with E-state index in [2.05, 4.69) is 10.5 Å². The molecule has 1 N–H and O–H groups in total. The number of carbonyl (C=O) groups excluding carboxylic acids is 1. The van der Waals surface area contributed by atoms with Crippen LogP contribution >= 0.6 is 0 Å². The van der Waals surface area contributed by atoms with E-state index in [1.807, 2.05) is 39.6 Å². The molecule has 0 bridgehead atoms. The molecular formula is C22H38N4O6S. The summed E-state index contributed by atoms with van der Waals surface area (Å²) >= 11 is 0. The average Bonchev–Trinajstić information content (AvgIpc) is 3.42. The van der Waals surface area contributed by atoms with Crippen LogP contribution in [0.3, 0.4) is 0 Å². The van der Waals surface area contributed by atoms with E-state index in [0.29, 0.717) is 31.8 Å². The van der Waals surface area contributed by atoms with Crippen molar-refractivity contribution in [3.63, 3.8) is 0 Å². The van der Waals surface area contributed by atoms with E-state index in [1.54, 1.807) is 6.07 Å². The molecule has 3 rings (SSSR count). The van der Waals surface area contributed by atoms with E-state index in [4.69, 9.17) is 14.0 Å². The van der Waals surface area contributed by atoms with Crippen molar-refractivity contribution >= 4 is 21.8 Å². The van der Waals surface area contributed by atoms with Crippen molar-refractivity contribution in [3.8, 4) is 0 Å². The number of sulfonamides is 1. The number of nitrogens with one attached hydrogen (secondary N) is 1. The monoisotopic (exact) mass is 486 g/mol. The molecule has 1 unspecified atom stereocenters. The van der Waals surface area contributed by atoms with Gasteiger partial charge in [0.25, 0.3) is 0 Å². The lowest BCUT2D eigenvalue weighted by Crippen LogP contribution is -2.55. The van der Waals surface area contributed by atoms with Gasteiger partial charge in [0.2, 0.25) is 21.8 Å². The third kappa shape index (κ3) is 6.33. The van der Waals surface area contributed by atoms with Crippen molar-refractivity contribution in [2.75, 3.05) is 44.9 Å². The molecule has 3 heterocycles. The molecule has 2 aliphatic heterocycles. The second kappa shape index (κ2) is 9.99. The molecule has 10 nitrogen and oxygen atoms in total. The van der Waals surface area contributed by atoms with Crippen LogP contribution in [0, 0.1) is 0 Å². The molecule has 2 aliphatic rings. The SMILES string of the molecule is CN([C@@H]1CCN(S(C)(=O)=O)C1)C(C)(C)C(=O)Nc1cc(C(C)(C)COC2CCCCO2)no1. The van der Waals surface area contributed by atoms with E-state index in [0.717, 1.165) is 25.9 Å². The minimum absolute atomic E-state index is 0.0520. The van der Waals surface area contributed by atoms with Gasteiger partial charge in [0.05, 0.1) is 24.1 Å². The lowest BCUT2D eigenvalue weighted by Gasteiger charge is -2.38. The number of anilines is 1. The maximum atomic E-state index is 13.1. The van der Waals surface area contributed by atoms with E-state index in [1.165, 1.54) is 10.6 Å². The first-order valence-electron chi connectivity index (χ1n) is 11.5. The van der Waals surface area contributed by atoms with Crippen molar-refractivity contribution in [1.29, 1.82) is 0 Å². The molecule has 1 aromatic heterocycles. The van der Waals surface area contributed by atoms with Gasteiger partial charge in [0.1, 0.15) is 0 Å². The van der Waals surface area contributed by atoms with Gasteiger partial charge in [0, 0.05) is 37.2 Å². The molecule has 1 amide bonds. The van der Waals surface area contributed by atoms with Crippen LogP contribution in [0.2, 0.25) is 0 Å². The Morgan fingerprint density at radius 2 is 2.03 bits per heavy atom. The predicted molar refractivity (Wildman–Crippen MR) is 124 cm³/mol. The van der Waals surface area contributed by atoms with Crippen LogP contribution in [0.4, 0.5) is 5.88 Å². The fourth-order valence-electron chi connectivity index (χ4n) is 4.08. The second-order valence-electron chi connectivity index (χ2n) is 10.3. The zero-order chi connectivity index (χ0) is 24.4. The molecule has 0 aromatic carbocycles. The molecule has 0 saturated carbocycles. The van der Waals surface area contributed by atoms with Gasteiger partial charge in [-0.3, -0.25) is 15.0 Å². The third-order valence-electron chi connectivity index (χ3n) is 6.79.